The van der Waals surface area contributed by atoms with Crippen LogP contribution in [0.5, 0.6) is 5.75 Å². The van der Waals surface area contributed by atoms with Crippen LogP contribution in [0.2, 0.25) is 0 Å². The smallest absolute Gasteiger partial charge is 0.133 e. The summed E-state index contributed by atoms with van der Waals surface area (Å²) in [6, 6.07) is 14.8. The zero-order valence-corrected chi connectivity index (χ0v) is 14.7. The van der Waals surface area contributed by atoms with Crippen molar-refractivity contribution in [2.24, 2.45) is 0 Å². The van der Waals surface area contributed by atoms with Crippen LogP contribution in [0.1, 0.15) is 24.1 Å². The van der Waals surface area contributed by atoms with Crippen LogP contribution in [0.25, 0.3) is 0 Å². The van der Waals surface area contributed by atoms with Gasteiger partial charge in [0.25, 0.3) is 0 Å². The van der Waals surface area contributed by atoms with Crippen molar-refractivity contribution in [3.8, 4) is 5.75 Å². The Morgan fingerprint density at radius 3 is 2.60 bits per heavy atom. The molecule has 106 valence electrons. The van der Waals surface area contributed by atoms with Crippen molar-refractivity contribution in [2.75, 3.05) is 7.11 Å². The lowest BCUT2D eigenvalue weighted by Crippen LogP contribution is -2.18. The van der Waals surface area contributed by atoms with E-state index in [0.29, 0.717) is 0 Å². The van der Waals surface area contributed by atoms with Gasteiger partial charge in [-0.15, -0.1) is 0 Å². The van der Waals surface area contributed by atoms with E-state index >= 15 is 0 Å². The zero-order valence-electron chi connectivity index (χ0n) is 11.5. The fraction of sp³-hybridized carbons (Fsp3) is 0.250. The molecular weight excluding hydrogens is 382 g/mol. The van der Waals surface area contributed by atoms with Gasteiger partial charge >= 0.3 is 0 Å². The predicted octanol–water partition coefficient (Wildman–Crippen LogP) is 5.07. The number of hydrogen-bond donors (Lipinski definition) is 1. The lowest BCUT2D eigenvalue weighted by molar-refractivity contribution is 0.411. The molecule has 1 unspecified atom stereocenters. The molecule has 0 aliphatic carbocycles. The van der Waals surface area contributed by atoms with Crippen LogP contribution < -0.4 is 10.1 Å². The van der Waals surface area contributed by atoms with Crippen LogP contribution in [0.3, 0.4) is 0 Å². The van der Waals surface area contributed by atoms with Gasteiger partial charge in [-0.2, -0.15) is 0 Å². The maximum atomic E-state index is 5.25. The molecule has 20 heavy (non-hydrogen) atoms. The Morgan fingerprint density at radius 1 is 1.15 bits per heavy atom. The van der Waals surface area contributed by atoms with E-state index in [1.165, 1.54) is 11.1 Å². The molecule has 0 saturated carbocycles. The summed E-state index contributed by atoms with van der Waals surface area (Å²) in [4.78, 5) is 0. The standard InChI is InChI=1S/C16H17Br2NO/c1-11(13-6-7-16(20-2)15(18)9-13)19-10-12-4-3-5-14(17)8-12/h3-9,11,19H,10H2,1-2H3. The molecule has 1 atom stereocenters. The highest BCUT2D eigenvalue weighted by Gasteiger charge is 2.08. The highest BCUT2D eigenvalue weighted by atomic mass is 79.9. The molecule has 2 rings (SSSR count). The zero-order chi connectivity index (χ0) is 14.5. The highest BCUT2D eigenvalue weighted by Crippen LogP contribution is 2.28. The third-order valence-corrected chi connectivity index (χ3v) is 4.29. The number of halogens is 2. The molecule has 0 aliphatic rings. The van der Waals surface area contributed by atoms with Crippen LogP contribution in [0.15, 0.2) is 51.4 Å². The number of hydrogen-bond acceptors (Lipinski definition) is 2. The van der Waals surface area contributed by atoms with Crippen molar-refractivity contribution < 1.29 is 4.74 Å². The predicted molar refractivity (Wildman–Crippen MR) is 90.1 cm³/mol. The average molecular weight is 399 g/mol. The summed E-state index contributed by atoms with van der Waals surface area (Å²) in [7, 11) is 1.68. The molecule has 2 nitrogen and oxygen atoms in total. The minimum absolute atomic E-state index is 0.274. The van der Waals surface area contributed by atoms with Crippen molar-refractivity contribution >= 4 is 31.9 Å². The molecule has 0 aliphatic heterocycles. The van der Waals surface area contributed by atoms with Gasteiger partial charge in [-0.25, -0.2) is 0 Å². The molecule has 0 fully saturated rings. The molecule has 0 radical (unpaired) electrons. The summed E-state index contributed by atoms with van der Waals surface area (Å²) < 4.78 is 7.34. The first-order chi connectivity index (χ1) is 9.60. The van der Waals surface area contributed by atoms with Gasteiger partial charge in [0.1, 0.15) is 5.75 Å². The first kappa shape index (κ1) is 15.5. The van der Waals surface area contributed by atoms with Gasteiger partial charge in [-0.3, -0.25) is 0 Å². The first-order valence-electron chi connectivity index (χ1n) is 6.41. The second-order valence-corrected chi connectivity index (χ2v) is 6.40. The number of rotatable bonds is 5. The van der Waals surface area contributed by atoms with Crippen molar-refractivity contribution in [3.63, 3.8) is 0 Å². The van der Waals surface area contributed by atoms with E-state index in [4.69, 9.17) is 4.74 Å². The van der Waals surface area contributed by atoms with E-state index in [2.05, 4.69) is 74.4 Å². The van der Waals surface area contributed by atoms with Crippen LogP contribution >= 0.6 is 31.9 Å². The SMILES string of the molecule is COc1ccc(C(C)NCc2cccc(Br)c2)cc1Br. The lowest BCUT2D eigenvalue weighted by Gasteiger charge is -2.16. The summed E-state index contributed by atoms with van der Waals surface area (Å²) in [5.41, 5.74) is 2.49. The minimum Gasteiger partial charge on any atom is -0.496 e. The summed E-state index contributed by atoms with van der Waals surface area (Å²) in [5.74, 6) is 0.855. The Hall–Kier alpha value is -0.840. The van der Waals surface area contributed by atoms with E-state index in [0.717, 1.165) is 21.2 Å². The maximum absolute atomic E-state index is 5.25. The minimum atomic E-state index is 0.274. The second-order valence-electron chi connectivity index (χ2n) is 4.63. The Balaban J connectivity index is 2.01. The number of methoxy groups -OCH3 is 1. The Morgan fingerprint density at radius 2 is 1.95 bits per heavy atom. The Kier molecular flexibility index (Phi) is 5.64. The largest absolute Gasteiger partial charge is 0.496 e. The topological polar surface area (TPSA) is 21.3 Å². The molecular formula is C16H17Br2NO. The molecule has 2 aromatic carbocycles. The van der Waals surface area contributed by atoms with E-state index in [-0.39, 0.29) is 6.04 Å². The fourth-order valence-corrected chi connectivity index (χ4v) is 2.99. The molecule has 0 heterocycles. The molecule has 0 aromatic heterocycles. The maximum Gasteiger partial charge on any atom is 0.133 e. The van der Waals surface area contributed by atoms with Gasteiger partial charge in [0, 0.05) is 17.1 Å². The summed E-state index contributed by atoms with van der Waals surface area (Å²) in [6.45, 7) is 3.00. The first-order valence-corrected chi connectivity index (χ1v) is 8.00. The molecule has 1 N–H and O–H groups in total. The van der Waals surface area contributed by atoms with Crippen molar-refractivity contribution in [3.05, 3.63) is 62.5 Å². The number of benzene rings is 2. The Labute approximate surface area is 136 Å². The van der Waals surface area contributed by atoms with Crippen LogP contribution in [0, 0.1) is 0 Å². The van der Waals surface area contributed by atoms with Gasteiger partial charge < -0.3 is 10.1 Å². The van der Waals surface area contributed by atoms with E-state index < -0.39 is 0 Å². The van der Waals surface area contributed by atoms with Crippen LogP contribution in [-0.4, -0.2) is 7.11 Å². The summed E-state index contributed by atoms with van der Waals surface area (Å²) in [5, 5.41) is 3.52. The highest BCUT2D eigenvalue weighted by molar-refractivity contribution is 9.10. The van der Waals surface area contributed by atoms with Crippen molar-refractivity contribution in [1.29, 1.82) is 0 Å². The quantitative estimate of drug-likeness (QED) is 0.758. The van der Waals surface area contributed by atoms with Gasteiger partial charge in [-0.1, -0.05) is 34.1 Å². The van der Waals surface area contributed by atoms with E-state index in [9.17, 15) is 0 Å². The molecule has 0 spiro atoms. The van der Waals surface area contributed by atoms with E-state index in [1.54, 1.807) is 7.11 Å². The van der Waals surface area contributed by atoms with Crippen LogP contribution in [-0.2, 0) is 6.54 Å². The Bertz CT molecular complexity index is 586. The second kappa shape index (κ2) is 7.25. The van der Waals surface area contributed by atoms with Gasteiger partial charge in [0.15, 0.2) is 0 Å². The summed E-state index contributed by atoms with van der Waals surface area (Å²) in [6.07, 6.45) is 0. The fourth-order valence-electron chi connectivity index (χ4n) is 1.99. The molecule has 0 saturated heterocycles. The van der Waals surface area contributed by atoms with Gasteiger partial charge in [0.05, 0.1) is 11.6 Å². The molecule has 2 aromatic rings. The van der Waals surface area contributed by atoms with Crippen molar-refractivity contribution in [2.45, 2.75) is 19.5 Å². The molecule has 0 bridgehead atoms. The monoisotopic (exact) mass is 397 g/mol. The van der Waals surface area contributed by atoms with Crippen LogP contribution in [0.4, 0.5) is 0 Å². The normalized spacial score (nSPS) is 12.2. The third-order valence-electron chi connectivity index (χ3n) is 3.18. The van der Waals surface area contributed by atoms with Crippen molar-refractivity contribution in [1.82, 2.24) is 5.32 Å². The number of ether oxygens (including phenoxy) is 1. The molecule has 4 heteroatoms. The summed E-state index contributed by atoms with van der Waals surface area (Å²) >= 11 is 7.01. The van der Waals surface area contributed by atoms with Gasteiger partial charge in [0.2, 0.25) is 0 Å². The lowest BCUT2D eigenvalue weighted by atomic mass is 10.1. The van der Waals surface area contributed by atoms with Gasteiger partial charge in [-0.05, 0) is 58.2 Å². The van der Waals surface area contributed by atoms with E-state index in [1.807, 2.05) is 12.1 Å². The number of nitrogens with one attached hydrogen (secondary N) is 1. The molecule has 0 amide bonds. The third kappa shape index (κ3) is 4.08. The average Bonchev–Trinajstić information content (AvgIpc) is 2.44.